The number of ether oxygens (including phenoxy) is 1. The van der Waals surface area contributed by atoms with Crippen molar-refractivity contribution in [3.8, 4) is 17.0 Å². The largest absolute Gasteiger partial charge is 0.487 e. The van der Waals surface area contributed by atoms with Gasteiger partial charge in [-0.3, -0.25) is 9.67 Å². The summed E-state index contributed by atoms with van der Waals surface area (Å²) in [5.41, 5.74) is 3.15. The average Bonchev–Trinajstić information content (AvgIpc) is 3.30. The number of anilines is 1. The van der Waals surface area contributed by atoms with Crippen LogP contribution in [0.1, 0.15) is 19.8 Å². The fourth-order valence-electron chi connectivity index (χ4n) is 3.91. The first-order valence-electron chi connectivity index (χ1n) is 10.6. The predicted octanol–water partition coefficient (Wildman–Crippen LogP) is 4.23. The summed E-state index contributed by atoms with van der Waals surface area (Å²) >= 11 is 0. The highest BCUT2D eigenvalue weighted by Crippen LogP contribution is 2.32. The Labute approximate surface area is 183 Å². The highest BCUT2D eigenvalue weighted by Gasteiger charge is 2.26. The lowest BCUT2D eigenvalue weighted by Gasteiger charge is -2.33. The van der Waals surface area contributed by atoms with E-state index in [1.54, 1.807) is 18.6 Å². The molecule has 0 unspecified atom stereocenters. The van der Waals surface area contributed by atoms with Gasteiger partial charge < -0.3 is 9.64 Å². The van der Waals surface area contributed by atoms with Gasteiger partial charge in [0.05, 0.1) is 17.9 Å². The first-order valence-corrected chi connectivity index (χ1v) is 10.6. The summed E-state index contributed by atoms with van der Waals surface area (Å²) < 4.78 is 34.8. The minimum absolute atomic E-state index is 0.0792. The van der Waals surface area contributed by atoms with E-state index in [9.17, 15) is 8.78 Å². The third-order valence-corrected chi connectivity index (χ3v) is 5.61. The number of nitrogens with zero attached hydrogens (tertiary/aromatic N) is 6. The molecule has 4 aromatic rings. The van der Waals surface area contributed by atoms with Crippen LogP contribution in [-0.4, -0.2) is 43.9 Å². The van der Waals surface area contributed by atoms with E-state index in [1.807, 2.05) is 23.9 Å². The smallest absolute Gasteiger partial charge is 0.167 e. The molecule has 3 aromatic heterocycles. The Kier molecular flexibility index (Phi) is 5.38. The Balaban J connectivity index is 1.40. The van der Waals surface area contributed by atoms with Crippen LogP contribution in [0.4, 0.5) is 14.6 Å². The maximum atomic E-state index is 14.0. The van der Waals surface area contributed by atoms with Crippen LogP contribution in [0, 0.1) is 11.6 Å². The van der Waals surface area contributed by atoms with Crippen LogP contribution in [-0.2, 0) is 6.54 Å². The summed E-state index contributed by atoms with van der Waals surface area (Å²) in [4.78, 5) is 16.1. The molecule has 0 atom stereocenters. The average molecular weight is 436 g/mol. The topological polar surface area (TPSA) is 69.0 Å². The summed E-state index contributed by atoms with van der Waals surface area (Å²) in [7, 11) is 0. The van der Waals surface area contributed by atoms with Crippen LogP contribution in [0.5, 0.6) is 5.75 Å². The van der Waals surface area contributed by atoms with Crippen molar-refractivity contribution in [2.45, 2.75) is 32.4 Å². The normalized spacial score (nSPS) is 14.8. The molecule has 0 spiro atoms. The quantitative estimate of drug-likeness (QED) is 0.466. The number of rotatable bonds is 5. The molecule has 0 amide bonds. The number of aromatic nitrogens is 5. The van der Waals surface area contributed by atoms with Crippen LogP contribution in [0.3, 0.4) is 0 Å². The van der Waals surface area contributed by atoms with E-state index in [2.05, 4.69) is 15.0 Å². The van der Waals surface area contributed by atoms with Crippen LogP contribution in [0.2, 0.25) is 0 Å². The van der Waals surface area contributed by atoms with E-state index >= 15 is 0 Å². The minimum atomic E-state index is -0.684. The highest BCUT2D eigenvalue weighted by molar-refractivity contribution is 5.82. The molecule has 32 heavy (non-hydrogen) atoms. The number of fused-ring (bicyclic) bond motifs is 1. The molecule has 0 radical (unpaired) electrons. The van der Waals surface area contributed by atoms with E-state index in [1.165, 1.54) is 12.1 Å². The number of hydrogen-bond donors (Lipinski definition) is 0. The number of pyridine rings is 1. The summed E-state index contributed by atoms with van der Waals surface area (Å²) in [6.07, 6.45) is 8.37. The third kappa shape index (κ3) is 3.98. The Morgan fingerprint density at radius 3 is 2.66 bits per heavy atom. The van der Waals surface area contributed by atoms with Gasteiger partial charge in [0, 0.05) is 56.5 Å². The molecular formula is C23H22F2N6O. The van der Waals surface area contributed by atoms with Gasteiger partial charge in [0.1, 0.15) is 23.1 Å². The van der Waals surface area contributed by atoms with Crippen molar-refractivity contribution >= 4 is 16.9 Å². The summed E-state index contributed by atoms with van der Waals surface area (Å²) in [6, 6.07) is 5.23. The molecule has 0 aliphatic carbocycles. The molecule has 1 saturated heterocycles. The maximum Gasteiger partial charge on any atom is 0.167 e. The van der Waals surface area contributed by atoms with Gasteiger partial charge in [-0.25, -0.2) is 18.7 Å². The summed E-state index contributed by atoms with van der Waals surface area (Å²) in [5.74, 6) is -0.438. The van der Waals surface area contributed by atoms with Crippen molar-refractivity contribution in [1.29, 1.82) is 0 Å². The Bertz CT molecular complexity index is 1250. The fraction of sp³-hybridized carbons (Fsp3) is 0.304. The molecule has 1 fully saturated rings. The van der Waals surface area contributed by atoms with Gasteiger partial charge in [-0.05, 0) is 25.1 Å². The molecule has 9 heteroatoms. The summed E-state index contributed by atoms with van der Waals surface area (Å²) in [5, 5.41) is 4.38. The van der Waals surface area contributed by atoms with Crippen LogP contribution in [0.15, 0.2) is 49.1 Å². The van der Waals surface area contributed by atoms with Crippen molar-refractivity contribution in [3.05, 3.63) is 60.7 Å². The molecule has 1 aromatic carbocycles. The van der Waals surface area contributed by atoms with E-state index in [-0.39, 0.29) is 11.9 Å². The minimum Gasteiger partial charge on any atom is -0.487 e. The van der Waals surface area contributed by atoms with Crippen molar-refractivity contribution in [1.82, 2.24) is 24.7 Å². The van der Waals surface area contributed by atoms with Crippen LogP contribution >= 0.6 is 0 Å². The van der Waals surface area contributed by atoms with E-state index in [4.69, 9.17) is 14.7 Å². The number of hydrogen-bond acceptors (Lipinski definition) is 6. The third-order valence-electron chi connectivity index (χ3n) is 5.61. The van der Waals surface area contributed by atoms with Gasteiger partial charge in [-0.2, -0.15) is 5.10 Å². The van der Waals surface area contributed by atoms with Crippen molar-refractivity contribution < 1.29 is 13.5 Å². The maximum absolute atomic E-state index is 14.0. The predicted molar refractivity (Wildman–Crippen MR) is 116 cm³/mol. The van der Waals surface area contributed by atoms with Gasteiger partial charge in [0.2, 0.25) is 0 Å². The second-order valence-corrected chi connectivity index (χ2v) is 7.72. The Morgan fingerprint density at radius 1 is 1.06 bits per heavy atom. The zero-order chi connectivity index (χ0) is 22.1. The summed E-state index contributed by atoms with van der Waals surface area (Å²) in [6.45, 7) is 4.14. The van der Waals surface area contributed by atoms with E-state index in [0.29, 0.717) is 25.9 Å². The van der Waals surface area contributed by atoms with Crippen LogP contribution < -0.4 is 9.64 Å². The number of piperidine rings is 1. The second-order valence-electron chi connectivity index (χ2n) is 7.72. The monoisotopic (exact) mass is 436 g/mol. The van der Waals surface area contributed by atoms with Crippen LogP contribution in [0.25, 0.3) is 22.3 Å². The Hall–Kier alpha value is -3.62. The van der Waals surface area contributed by atoms with Crippen molar-refractivity contribution in [2.75, 3.05) is 18.0 Å². The van der Waals surface area contributed by atoms with E-state index < -0.39 is 11.6 Å². The molecule has 5 rings (SSSR count). The zero-order valence-corrected chi connectivity index (χ0v) is 17.6. The lowest BCUT2D eigenvalue weighted by molar-refractivity contribution is 0.163. The second kappa shape index (κ2) is 8.49. The van der Waals surface area contributed by atoms with Gasteiger partial charge in [0.15, 0.2) is 17.4 Å². The molecule has 0 N–H and O–H groups in total. The van der Waals surface area contributed by atoms with Gasteiger partial charge in [0.25, 0.3) is 0 Å². The molecule has 1 aliphatic heterocycles. The van der Waals surface area contributed by atoms with Gasteiger partial charge in [-0.15, -0.1) is 0 Å². The first kappa shape index (κ1) is 20.3. The molecule has 0 saturated carbocycles. The number of halogens is 2. The number of benzene rings is 1. The lowest BCUT2D eigenvalue weighted by Crippen LogP contribution is -2.39. The van der Waals surface area contributed by atoms with Crippen molar-refractivity contribution in [2.24, 2.45) is 0 Å². The molecule has 0 bridgehead atoms. The first-order chi connectivity index (χ1) is 15.6. The fourth-order valence-corrected chi connectivity index (χ4v) is 3.91. The van der Waals surface area contributed by atoms with E-state index in [0.717, 1.165) is 40.7 Å². The Morgan fingerprint density at radius 2 is 1.91 bits per heavy atom. The standard InChI is InChI=1S/C23H22F2N6O/c1-2-31-14-15(12-27-31)22-23(29-19-5-8-26-13-20(19)28-22)30-9-6-17(7-10-30)32-21-4-3-16(24)11-18(21)25/h3-5,8,11-14,17H,2,6-7,9-10H2,1H3. The zero-order valence-electron chi connectivity index (χ0n) is 17.6. The molecule has 7 nitrogen and oxygen atoms in total. The van der Waals surface area contributed by atoms with Gasteiger partial charge >= 0.3 is 0 Å². The molecule has 4 heterocycles. The molecule has 1 aliphatic rings. The van der Waals surface area contributed by atoms with Gasteiger partial charge in [-0.1, -0.05) is 0 Å². The highest BCUT2D eigenvalue weighted by atomic mass is 19.1. The number of aryl methyl sites for hydroxylation is 1. The van der Waals surface area contributed by atoms with Crippen molar-refractivity contribution in [3.63, 3.8) is 0 Å². The molecular weight excluding hydrogens is 414 g/mol. The SMILES string of the molecule is CCn1cc(-c2nc3cnccc3nc2N2CCC(Oc3ccc(F)cc3F)CC2)cn1. The lowest BCUT2D eigenvalue weighted by atomic mass is 10.1. The molecule has 164 valence electrons.